The minimum absolute atomic E-state index is 0.256. The standard InChI is InChI=1S/C19H22BrN3O4/c1-4-8(2)23-16(25)13-14(17(23)26)19(22-15(13)9(3)24)11-7-10(20)5-6-12(11)21-18(19)27/h5-9,13-15,22,24H,4H2,1-3H3,(H,21,27)/t8-,9+,13-,14-,15+,19+/m0/s1. The number of fused-ring (bicyclic) bond motifs is 4. The van der Waals surface area contributed by atoms with Crippen LogP contribution in [0.2, 0.25) is 0 Å². The van der Waals surface area contributed by atoms with Crippen molar-refractivity contribution in [3.05, 3.63) is 28.2 Å². The summed E-state index contributed by atoms with van der Waals surface area (Å²) in [6.07, 6.45) is -0.264. The van der Waals surface area contributed by atoms with Crippen molar-refractivity contribution < 1.29 is 19.5 Å². The van der Waals surface area contributed by atoms with Crippen molar-refractivity contribution in [1.82, 2.24) is 10.2 Å². The minimum atomic E-state index is -1.36. The number of likely N-dealkylation sites (tertiary alicyclic amines) is 1. The molecule has 2 saturated heterocycles. The average Bonchev–Trinajstić information content (AvgIpc) is 3.20. The molecule has 4 rings (SSSR count). The van der Waals surface area contributed by atoms with Crippen LogP contribution in [-0.4, -0.2) is 45.9 Å². The third-order valence-corrected chi connectivity index (χ3v) is 6.69. The zero-order valence-corrected chi connectivity index (χ0v) is 16.9. The van der Waals surface area contributed by atoms with Gasteiger partial charge in [-0.3, -0.25) is 24.6 Å². The number of aliphatic hydroxyl groups excluding tert-OH is 1. The molecule has 0 saturated carbocycles. The highest BCUT2D eigenvalue weighted by molar-refractivity contribution is 9.10. The summed E-state index contributed by atoms with van der Waals surface area (Å²) in [4.78, 5) is 40.9. The fourth-order valence-corrected chi connectivity index (χ4v) is 5.12. The number of aliphatic hydroxyl groups is 1. The van der Waals surface area contributed by atoms with Crippen LogP contribution in [0.25, 0.3) is 0 Å². The number of nitrogens with zero attached hydrogens (tertiary/aromatic N) is 1. The Morgan fingerprint density at radius 1 is 1.26 bits per heavy atom. The highest BCUT2D eigenvalue weighted by atomic mass is 79.9. The van der Waals surface area contributed by atoms with E-state index in [-0.39, 0.29) is 23.8 Å². The number of hydrogen-bond acceptors (Lipinski definition) is 5. The van der Waals surface area contributed by atoms with Gasteiger partial charge in [0.25, 0.3) is 0 Å². The molecule has 0 aliphatic carbocycles. The van der Waals surface area contributed by atoms with Gasteiger partial charge in [-0.05, 0) is 38.5 Å². The number of carbonyl (C=O) groups excluding carboxylic acids is 3. The summed E-state index contributed by atoms with van der Waals surface area (Å²) in [5.41, 5.74) is -0.115. The zero-order valence-electron chi connectivity index (χ0n) is 15.3. The van der Waals surface area contributed by atoms with E-state index in [2.05, 4.69) is 26.6 Å². The Bertz CT molecular complexity index is 857. The smallest absolute Gasteiger partial charge is 0.250 e. The molecule has 1 spiro atoms. The van der Waals surface area contributed by atoms with Crippen molar-refractivity contribution in [1.29, 1.82) is 0 Å². The van der Waals surface area contributed by atoms with Gasteiger partial charge in [0.05, 0.1) is 17.9 Å². The summed E-state index contributed by atoms with van der Waals surface area (Å²) in [6, 6.07) is 4.44. The van der Waals surface area contributed by atoms with Crippen molar-refractivity contribution in [3.8, 4) is 0 Å². The summed E-state index contributed by atoms with van der Waals surface area (Å²) in [6.45, 7) is 5.31. The molecule has 1 aromatic rings. The molecule has 3 aliphatic heterocycles. The number of rotatable bonds is 3. The van der Waals surface area contributed by atoms with Crippen molar-refractivity contribution in [2.75, 3.05) is 5.32 Å². The second-order valence-corrected chi connectivity index (χ2v) is 8.59. The van der Waals surface area contributed by atoms with E-state index in [4.69, 9.17) is 0 Å². The van der Waals surface area contributed by atoms with Gasteiger partial charge >= 0.3 is 0 Å². The maximum Gasteiger partial charge on any atom is 0.250 e. The zero-order chi connectivity index (χ0) is 19.7. The molecule has 1 aromatic carbocycles. The number of benzene rings is 1. The monoisotopic (exact) mass is 435 g/mol. The van der Waals surface area contributed by atoms with Gasteiger partial charge in [-0.2, -0.15) is 0 Å². The number of hydrogen-bond donors (Lipinski definition) is 3. The van der Waals surface area contributed by atoms with Gasteiger partial charge in [0.2, 0.25) is 17.7 Å². The summed E-state index contributed by atoms with van der Waals surface area (Å²) in [5, 5.41) is 16.4. The summed E-state index contributed by atoms with van der Waals surface area (Å²) < 4.78 is 0.770. The number of nitrogens with one attached hydrogen (secondary N) is 2. The SMILES string of the molecule is CC[C@H](C)N1C(=O)[C@@H]2[C@@H]([C@@H](C)O)N[C@@]3(C(=O)Nc4ccc(Br)cc43)[C@@H]2C1=O. The van der Waals surface area contributed by atoms with Crippen LogP contribution in [0.4, 0.5) is 5.69 Å². The van der Waals surface area contributed by atoms with Crippen LogP contribution in [0.3, 0.4) is 0 Å². The molecule has 3 aliphatic rings. The maximum atomic E-state index is 13.4. The van der Waals surface area contributed by atoms with Gasteiger partial charge in [0.1, 0.15) is 5.54 Å². The molecular weight excluding hydrogens is 414 g/mol. The Balaban J connectivity index is 1.92. The summed E-state index contributed by atoms with van der Waals surface area (Å²) in [7, 11) is 0. The van der Waals surface area contributed by atoms with Crippen LogP contribution in [-0.2, 0) is 19.9 Å². The second kappa shape index (κ2) is 6.12. The lowest BCUT2D eigenvalue weighted by molar-refractivity contribution is -0.145. The molecule has 7 nitrogen and oxygen atoms in total. The van der Waals surface area contributed by atoms with Crippen molar-refractivity contribution >= 4 is 39.3 Å². The summed E-state index contributed by atoms with van der Waals surface area (Å²) >= 11 is 3.43. The molecule has 144 valence electrons. The Hall–Kier alpha value is -1.77. The molecule has 6 atom stereocenters. The first-order valence-corrected chi connectivity index (χ1v) is 9.97. The molecular formula is C19H22BrN3O4. The highest BCUT2D eigenvalue weighted by Crippen LogP contribution is 2.54. The number of imide groups is 1. The van der Waals surface area contributed by atoms with E-state index in [1.807, 2.05) is 19.9 Å². The van der Waals surface area contributed by atoms with Crippen LogP contribution in [0.5, 0.6) is 0 Å². The molecule has 8 heteroatoms. The van der Waals surface area contributed by atoms with E-state index in [0.29, 0.717) is 17.7 Å². The normalized spacial score (nSPS) is 34.0. The molecule has 2 fully saturated rings. The lowest BCUT2D eigenvalue weighted by Crippen LogP contribution is -2.55. The maximum absolute atomic E-state index is 13.4. The first-order valence-electron chi connectivity index (χ1n) is 9.18. The Morgan fingerprint density at radius 3 is 2.59 bits per heavy atom. The minimum Gasteiger partial charge on any atom is -0.392 e. The van der Waals surface area contributed by atoms with E-state index in [1.165, 1.54) is 4.90 Å². The van der Waals surface area contributed by atoms with E-state index in [9.17, 15) is 19.5 Å². The van der Waals surface area contributed by atoms with E-state index < -0.39 is 29.5 Å². The molecule has 3 heterocycles. The number of anilines is 1. The number of amides is 3. The molecule has 27 heavy (non-hydrogen) atoms. The average molecular weight is 436 g/mol. The van der Waals surface area contributed by atoms with Gasteiger partial charge < -0.3 is 10.4 Å². The van der Waals surface area contributed by atoms with Crippen LogP contribution in [0, 0.1) is 11.8 Å². The van der Waals surface area contributed by atoms with Gasteiger partial charge in [-0.25, -0.2) is 0 Å². The van der Waals surface area contributed by atoms with Crippen LogP contribution in [0.15, 0.2) is 22.7 Å². The highest BCUT2D eigenvalue weighted by Gasteiger charge is 2.71. The third-order valence-electron chi connectivity index (χ3n) is 6.20. The van der Waals surface area contributed by atoms with Crippen molar-refractivity contribution in [3.63, 3.8) is 0 Å². The van der Waals surface area contributed by atoms with Crippen molar-refractivity contribution in [2.24, 2.45) is 11.8 Å². The lowest BCUT2D eigenvalue weighted by Gasteiger charge is -2.31. The van der Waals surface area contributed by atoms with Gasteiger partial charge in [-0.1, -0.05) is 22.9 Å². The number of carbonyl (C=O) groups is 3. The summed E-state index contributed by atoms with van der Waals surface area (Å²) in [5.74, 6) is -2.68. The molecule has 3 amide bonds. The van der Waals surface area contributed by atoms with Gasteiger partial charge in [0, 0.05) is 27.8 Å². The van der Waals surface area contributed by atoms with Crippen molar-refractivity contribution in [2.45, 2.75) is 50.9 Å². The van der Waals surface area contributed by atoms with E-state index >= 15 is 0 Å². The Kier molecular flexibility index (Phi) is 4.21. The topological polar surface area (TPSA) is 98.7 Å². The second-order valence-electron chi connectivity index (χ2n) is 7.67. The fraction of sp³-hybridized carbons (Fsp3) is 0.526. The van der Waals surface area contributed by atoms with E-state index in [1.54, 1.807) is 19.1 Å². The quantitative estimate of drug-likeness (QED) is 0.622. The number of halogens is 1. The first-order chi connectivity index (χ1) is 12.7. The molecule has 0 radical (unpaired) electrons. The Labute approximate surface area is 165 Å². The Morgan fingerprint density at radius 2 is 1.96 bits per heavy atom. The van der Waals surface area contributed by atoms with Crippen LogP contribution in [0.1, 0.15) is 32.8 Å². The van der Waals surface area contributed by atoms with Gasteiger partial charge in [0.15, 0.2) is 0 Å². The molecule has 0 aromatic heterocycles. The first kappa shape index (κ1) is 18.6. The lowest BCUT2D eigenvalue weighted by atomic mass is 9.76. The predicted octanol–water partition coefficient (Wildman–Crippen LogP) is 1.35. The fourth-order valence-electron chi connectivity index (χ4n) is 4.76. The van der Waals surface area contributed by atoms with Crippen LogP contribution >= 0.6 is 15.9 Å². The van der Waals surface area contributed by atoms with Crippen LogP contribution < -0.4 is 10.6 Å². The largest absolute Gasteiger partial charge is 0.392 e. The molecule has 0 bridgehead atoms. The van der Waals surface area contributed by atoms with E-state index in [0.717, 1.165) is 4.47 Å². The molecule has 3 N–H and O–H groups in total. The predicted molar refractivity (Wildman–Crippen MR) is 102 cm³/mol. The van der Waals surface area contributed by atoms with Gasteiger partial charge in [-0.15, -0.1) is 0 Å². The third kappa shape index (κ3) is 2.30. The molecule has 0 unspecified atom stereocenters.